The zero-order chi connectivity index (χ0) is 14.7. The number of hydrogen-bond acceptors (Lipinski definition) is 5. The summed E-state index contributed by atoms with van der Waals surface area (Å²) in [5, 5.41) is 11.2. The number of hydrogen-bond donors (Lipinski definition) is 1. The molecule has 0 saturated carbocycles. The lowest BCUT2D eigenvalue weighted by Gasteiger charge is -2.28. The van der Waals surface area contributed by atoms with Crippen molar-refractivity contribution in [3.8, 4) is 0 Å². The zero-order valence-electron chi connectivity index (χ0n) is 12.1. The smallest absolute Gasteiger partial charge is 0.170 e. The average Bonchev–Trinajstić information content (AvgIpc) is 2.96. The second-order valence-corrected chi connectivity index (χ2v) is 5.15. The number of halogens is 1. The highest BCUT2D eigenvalue weighted by atomic mass is 19.1. The zero-order valence-corrected chi connectivity index (χ0v) is 12.1. The van der Waals surface area contributed by atoms with Gasteiger partial charge in [-0.25, -0.2) is 9.37 Å². The predicted octanol–water partition coefficient (Wildman–Crippen LogP) is 1.33. The van der Waals surface area contributed by atoms with Crippen molar-refractivity contribution in [1.29, 1.82) is 0 Å². The first kappa shape index (κ1) is 13.9. The Morgan fingerprint density at radius 2 is 2.29 bits per heavy atom. The monoisotopic (exact) mass is 290 g/mol. The molecule has 0 bridgehead atoms. The highest BCUT2D eigenvalue weighted by molar-refractivity contribution is 5.43. The molecule has 112 valence electrons. The Morgan fingerprint density at radius 3 is 3.14 bits per heavy atom. The van der Waals surface area contributed by atoms with Gasteiger partial charge in [-0.05, 0) is 19.0 Å². The van der Waals surface area contributed by atoms with Gasteiger partial charge in [0.05, 0.1) is 6.54 Å². The van der Waals surface area contributed by atoms with Crippen molar-refractivity contribution in [3.05, 3.63) is 35.8 Å². The summed E-state index contributed by atoms with van der Waals surface area (Å²) in [7, 11) is 0. The number of rotatable bonds is 5. The summed E-state index contributed by atoms with van der Waals surface area (Å²) >= 11 is 0. The lowest BCUT2D eigenvalue weighted by molar-refractivity contribution is 0.529. The van der Waals surface area contributed by atoms with Gasteiger partial charge in [-0.2, -0.15) is 0 Å². The molecule has 0 fully saturated rings. The quantitative estimate of drug-likeness (QED) is 0.842. The maximum Gasteiger partial charge on any atom is 0.170 e. The number of pyridine rings is 1. The highest BCUT2D eigenvalue weighted by Crippen LogP contribution is 2.23. The van der Waals surface area contributed by atoms with Crippen molar-refractivity contribution in [2.24, 2.45) is 0 Å². The van der Waals surface area contributed by atoms with E-state index >= 15 is 0 Å². The molecule has 3 heterocycles. The Kier molecular flexibility index (Phi) is 4.10. The van der Waals surface area contributed by atoms with E-state index in [4.69, 9.17) is 0 Å². The minimum absolute atomic E-state index is 0.242. The third-order valence-electron chi connectivity index (χ3n) is 3.63. The standard InChI is InChI=1S/C14H19FN6/c1-2-4-16-8-11-3-5-17-14(13(11)15)20-6-7-21-10-18-19-12(21)9-20/h3,5,10,16H,2,4,6-9H2,1H3. The van der Waals surface area contributed by atoms with Crippen LogP contribution in [0.25, 0.3) is 0 Å². The van der Waals surface area contributed by atoms with E-state index in [0.717, 1.165) is 25.3 Å². The molecular formula is C14H19FN6. The Balaban J connectivity index is 1.78. The second kappa shape index (κ2) is 6.17. The van der Waals surface area contributed by atoms with Crippen LogP contribution in [0.2, 0.25) is 0 Å². The molecule has 21 heavy (non-hydrogen) atoms. The molecule has 0 saturated heterocycles. The molecule has 7 heteroatoms. The van der Waals surface area contributed by atoms with Gasteiger partial charge in [-0.15, -0.1) is 10.2 Å². The molecular weight excluding hydrogens is 271 g/mol. The molecule has 2 aromatic heterocycles. The van der Waals surface area contributed by atoms with Gasteiger partial charge in [0.15, 0.2) is 17.5 Å². The van der Waals surface area contributed by atoms with Gasteiger partial charge in [0.2, 0.25) is 0 Å². The molecule has 6 nitrogen and oxygen atoms in total. The van der Waals surface area contributed by atoms with Crippen molar-refractivity contribution < 1.29 is 4.39 Å². The molecule has 0 aromatic carbocycles. The fraction of sp³-hybridized carbons (Fsp3) is 0.500. The van der Waals surface area contributed by atoms with Crippen molar-refractivity contribution in [3.63, 3.8) is 0 Å². The Labute approximate surface area is 123 Å². The Morgan fingerprint density at radius 1 is 1.38 bits per heavy atom. The molecule has 1 N–H and O–H groups in total. The summed E-state index contributed by atoms with van der Waals surface area (Å²) in [6.07, 6.45) is 4.41. The summed E-state index contributed by atoms with van der Waals surface area (Å²) in [4.78, 5) is 6.13. The van der Waals surface area contributed by atoms with E-state index in [9.17, 15) is 4.39 Å². The van der Waals surface area contributed by atoms with Gasteiger partial charge in [-0.1, -0.05) is 6.92 Å². The van der Waals surface area contributed by atoms with Gasteiger partial charge in [0.1, 0.15) is 6.33 Å². The normalized spacial score (nSPS) is 14.3. The highest BCUT2D eigenvalue weighted by Gasteiger charge is 2.22. The fourth-order valence-electron chi connectivity index (χ4n) is 2.48. The first-order chi connectivity index (χ1) is 10.3. The van der Waals surface area contributed by atoms with E-state index in [1.165, 1.54) is 0 Å². The van der Waals surface area contributed by atoms with Crippen LogP contribution >= 0.6 is 0 Å². The van der Waals surface area contributed by atoms with Crippen LogP contribution in [0.1, 0.15) is 24.7 Å². The molecule has 0 spiro atoms. The SMILES string of the molecule is CCCNCc1ccnc(N2CCn3cnnc3C2)c1F. The molecule has 1 aliphatic rings. The van der Waals surface area contributed by atoms with E-state index in [2.05, 4.69) is 27.4 Å². The van der Waals surface area contributed by atoms with Crippen LogP contribution in [0, 0.1) is 5.82 Å². The third-order valence-corrected chi connectivity index (χ3v) is 3.63. The summed E-state index contributed by atoms with van der Waals surface area (Å²) in [5.74, 6) is 1.01. The maximum absolute atomic E-state index is 14.6. The van der Waals surface area contributed by atoms with E-state index < -0.39 is 0 Å². The minimum atomic E-state index is -0.242. The average molecular weight is 290 g/mol. The first-order valence-electron chi connectivity index (χ1n) is 7.25. The van der Waals surface area contributed by atoms with Gasteiger partial charge >= 0.3 is 0 Å². The Bertz CT molecular complexity index is 611. The van der Waals surface area contributed by atoms with E-state index in [1.807, 2.05) is 9.47 Å². The van der Waals surface area contributed by atoms with Crippen molar-refractivity contribution in [2.75, 3.05) is 18.0 Å². The number of nitrogens with zero attached hydrogens (tertiary/aromatic N) is 5. The van der Waals surface area contributed by atoms with Crippen molar-refractivity contribution in [1.82, 2.24) is 25.1 Å². The minimum Gasteiger partial charge on any atom is -0.345 e. The Hall–Kier alpha value is -2.02. The largest absolute Gasteiger partial charge is 0.345 e. The first-order valence-corrected chi connectivity index (χ1v) is 7.25. The van der Waals surface area contributed by atoms with Crippen LogP contribution in [0.4, 0.5) is 10.2 Å². The number of aromatic nitrogens is 4. The van der Waals surface area contributed by atoms with Crippen molar-refractivity contribution >= 4 is 5.82 Å². The van der Waals surface area contributed by atoms with E-state index in [0.29, 0.717) is 31.0 Å². The van der Waals surface area contributed by atoms with E-state index in [-0.39, 0.29) is 5.82 Å². The van der Waals surface area contributed by atoms with E-state index in [1.54, 1.807) is 18.6 Å². The molecule has 0 atom stereocenters. The molecule has 2 aromatic rings. The third kappa shape index (κ3) is 2.87. The number of anilines is 1. The van der Waals surface area contributed by atoms with Crippen molar-refractivity contribution in [2.45, 2.75) is 33.0 Å². The second-order valence-electron chi connectivity index (χ2n) is 5.15. The molecule has 0 unspecified atom stereocenters. The fourth-order valence-corrected chi connectivity index (χ4v) is 2.48. The molecule has 1 aliphatic heterocycles. The maximum atomic E-state index is 14.6. The van der Waals surface area contributed by atoms with Gasteiger partial charge in [0.25, 0.3) is 0 Å². The van der Waals surface area contributed by atoms with Gasteiger partial charge in [-0.3, -0.25) is 0 Å². The molecule has 0 aliphatic carbocycles. The van der Waals surface area contributed by atoms with Crippen LogP contribution in [0.5, 0.6) is 0 Å². The molecule has 3 rings (SSSR count). The summed E-state index contributed by atoms with van der Waals surface area (Å²) in [6, 6.07) is 1.73. The van der Waals surface area contributed by atoms with Crippen LogP contribution < -0.4 is 10.2 Å². The van der Waals surface area contributed by atoms with Gasteiger partial charge < -0.3 is 14.8 Å². The number of fused-ring (bicyclic) bond motifs is 1. The lowest BCUT2D eigenvalue weighted by atomic mass is 10.2. The molecule has 0 radical (unpaired) electrons. The summed E-state index contributed by atoms with van der Waals surface area (Å²) < 4.78 is 16.6. The summed E-state index contributed by atoms with van der Waals surface area (Å²) in [5.41, 5.74) is 0.653. The van der Waals surface area contributed by atoms with Gasteiger partial charge in [0, 0.05) is 31.4 Å². The van der Waals surface area contributed by atoms with Crippen LogP contribution in [0.3, 0.4) is 0 Å². The van der Waals surface area contributed by atoms with Crippen LogP contribution in [-0.2, 0) is 19.6 Å². The van der Waals surface area contributed by atoms with Crippen LogP contribution in [-0.4, -0.2) is 32.8 Å². The number of nitrogens with one attached hydrogen (secondary N) is 1. The lowest BCUT2D eigenvalue weighted by Crippen LogP contribution is -2.35. The topological polar surface area (TPSA) is 58.9 Å². The van der Waals surface area contributed by atoms with Crippen LogP contribution in [0.15, 0.2) is 18.6 Å². The summed E-state index contributed by atoms with van der Waals surface area (Å²) in [6.45, 7) is 5.49. The molecule has 0 amide bonds. The predicted molar refractivity (Wildman–Crippen MR) is 77.3 cm³/mol.